The summed E-state index contributed by atoms with van der Waals surface area (Å²) in [6.45, 7) is 7.09. The maximum absolute atomic E-state index is 13.5. The maximum atomic E-state index is 13.5. The van der Waals surface area contributed by atoms with E-state index in [2.05, 4.69) is 5.32 Å². The number of carbonyl (C=O) groups is 1. The van der Waals surface area contributed by atoms with Crippen molar-refractivity contribution in [1.82, 2.24) is 10.2 Å². The molecule has 1 heterocycles. The van der Waals surface area contributed by atoms with Crippen molar-refractivity contribution in [2.45, 2.75) is 32.4 Å². The van der Waals surface area contributed by atoms with E-state index in [1.54, 1.807) is 18.1 Å². The van der Waals surface area contributed by atoms with Gasteiger partial charge < -0.3 is 19.7 Å². The van der Waals surface area contributed by atoms with Crippen LogP contribution >= 0.6 is 0 Å². The molecule has 1 unspecified atom stereocenters. The Balaban J connectivity index is 2.14. The van der Waals surface area contributed by atoms with Crippen LogP contribution < -0.4 is 10.1 Å². The largest absolute Gasteiger partial charge is 0.496 e. The van der Waals surface area contributed by atoms with Gasteiger partial charge in [-0.25, -0.2) is 9.18 Å². The van der Waals surface area contributed by atoms with Crippen LogP contribution in [0.25, 0.3) is 0 Å². The molecule has 1 aliphatic heterocycles. The number of ether oxygens (including phenoxy) is 2. The summed E-state index contributed by atoms with van der Waals surface area (Å²) in [7, 11) is 1.55. The van der Waals surface area contributed by atoms with Crippen LogP contribution in [0.1, 0.15) is 32.4 Å². The molecule has 0 radical (unpaired) electrons. The molecule has 6 heteroatoms. The molecule has 1 saturated heterocycles. The first-order chi connectivity index (χ1) is 10.3. The summed E-state index contributed by atoms with van der Waals surface area (Å²) in [5, 5.41) is 3.29. The molecule has 1 N–H and O–H groups in total. The third-order valence-electron chi connectivity index (χ3n) is 3.39. The number of rotatable bonds is 2. The lowest BCUT2D eigenvalue weighted by Crippen LogP contribution is -2.49. The molecule has 1 atom stereocenters. The fourth-order valence-corrected chi connectivity index (χ4v) is 2.43. The second-order valence-corrected chi connectivity index (χ2v) is 6.32. The smallest absolute Gasteiger partial charge is 0.410 e. The fourth-order valence-electron chi connectivity index (χ4n) is 2.43. The SMILES string of the molecule is COc1ccc(F)cc1C1CN(C(=O)OC(C)(C)C)CCN1. The molecule has 1 aliphatic rings. The van der Waals surface area contributed by atoms with Crippen LogP contribution in [0.15, 0.2) is 18.2 Å². The topological polar surface area (TPSA) is 50.8 Å². The van der Waals surface area contributed by atoms with Crippen molar-refractivity contribution in [3.8, 4) is 5.75 Å². The van der Waals surface area contributed by atoms with Gasteiger partial charge in [0.25, 0.3) is 0 Å². The minimum Gasteiger partial charge on any atom is -0.496 e. The molecule has 122 valence electrons. The molecule has 1 aromatic carbocycles. The van der Waals surface area contributed by atoms with Gasteiger partial charge in [-0.1, -0.05) is 0 Å². The molecule has 1 aromatic rings. The van der Waals surface area contributed by atoms with Gasteiger partial charge >= 0.3 is 6.09 Å². The molecule has 5 nitrogen and oxygen atoms in total. The number of benzene rings is 1. The Morgan fingerprint density at radius 3 is 2.77 bits per heavy atom. The van der Waals surface area contributed by atoms with Crippen molar-refractivity contribution in [2.24, 2.45) is 0 Å². The first kappa shape index (κ1) is 16.5. The number of hydrogen-bond acceptors (Lipinski definition) is 4. The van der Waals surface area contributed by atoms with Crippen LogP contribution in [-0.2, 0) is 4.74 Å². The molecule has 1 amide bonds. The van der Waals surface area contributed by atoms with Gasteiger partial charge in [-0.3, -0.25) is 0 Å². The van der Waals surface area contributed by atoms with Gasteiger partial charge in [0.05, 0.1) is 13.2 Å². The van der Waals surface area contributed by atoms with Gasteiger partial charge in [0, 0.05) is 25.2 Å². The van der Waals surface area contributed by atoms with Crippen molar-refractivity contribution in [3.05, 3.63) is 29.6 Å². The molecule has 1 fully saturated rings. The fraction of sp³-hybridized carbons (Fsp3) is 0.562. The minimum atomic E-state index is -0.534. The van der Waals surface area contributed by atoms with Crippen LogP contribution in [0.5, 0.6) is 5.75 Å². The average Bonchev–Trinajstić information content (AvgIpc) is 2.45. The lowest BCUT2D eigenvalue weighted by atomic mass is 10.0. The highest BCUT2D eigenvalue weighted by atomic mass is 19.1. The summed E-state index contributed by atoms with van der Waals surface area (Å²) in [4.78, 5) is 13.8. The van der Waals surface area contributed by atoms with Gasteiger partial charge in [-0.15, -0.1) is 0 Å². The molecule has 0 aromatic heterocycles. The van der Waals surface area contributed by atoms with E-state index < -0.39 is 5.60 Å². The van der Waals surface area contributed by atoms with Crippen molar-refractivity contribution in [3.63, 3.8) is 0 Å². The van der Waals surface area contributed by atoms with Gasteiger partial charge in [-0.05, 0) is 39.0 Å². The van der Waals surface area contributed by atoms with E-state index in [1.165, 1.54) is 12.1 Å². The van der Waals surface area contributed by atoms with E-state index in [0.717, 1.165) is 0 Å². The van der Waals surface area contributed by atoms with Crippen molar-refractivity contribution >= 4 is 6.09 Å². The second-order valence-electron chi connectivity index (χ2n) is 6.32. The van der Waals surface area contributed by atoms with Crippen molar-refractivity contribution in [2.75, 3.05) is 26.7 Å². The van der Waals surface area contributed by atoms with E-state index >= 15 is 0 Å². The number of nitrogens with one attached hydrogen (secondary N) is 1. The Kier molecular flexibility index (Phi) is 4.90. The lowest BCUT2D eigenvalue weighted by molar-refractivity contribution is 0.0194. The van der Waals surface area contributed by atoms with Crippen LogP contribution in [0.3, 0.4) is 0 Å². The van der Waals surface area contributed by atoms with Crippen molar-refractivity contribution < 1.29 is 18.7 Å². The first-order valence-corrected chi connectivity index (χ1v) is 7.35. The quantitative estimate of drug-likeness (QED) is 0.912. The normalized spacial score (nSPS) is 19.0. The van der Waals surface area contributed by atoms with E-state index in [1.807, 2.05) is 20.8 Å². The minimum absolute atomic E-state index is 0.188. The second kappa shape index (κ2) is 6.52. The van der Waals surface area contributed by atoms with Crippen LogP contribution in [-0.4, -0.2) is 43.3 Å². The Bertz CT molecular complexity index is 543. The Morgan fingerprint density at radius 2 is 2.14 bits per heavy atom. The van der Waals surface area contributed by atoms with Gasteiger partial charge in [0.2, 0.25) is 0 Å². The maximum Gasteiger partial charge on any atom is 0.410 e. The monoisotopic (exact) mass is 310 g/mol. The lowest BCUT2D eigenvalue weighted by Gasteiger charge is -2.35. The molecule has 0 saturated carbocycles. The Hall–Kier alpha value is -1.82. The Labute approximate surface area is 130 Å². The number of piperazine rings is 1. The summed E-state index contributed by atoms with van der Waals surface area (Å²) < 4.78 is 24.2. The van der Waals surface area contributed by atoms with Gasteiger partial charge in [0.1, 0.15) is 17.2 Å². The van der Waals surface area contributed by atoms with E-state index in [9.17, 15) is 9.18 Å². The zero-order chi connectivity index (χ0) is 16.3. The summed E-state index contributed by atoms with van der Waals surface area (Å²) >= 11 is 0. The number of halogens is 1. The number of methoxy groups -OCH3 is 1. The predicted molar refractivity (Wildman–Crippen MR) is 81.5 cm³/mol. The third-order valence-corrected chi connectivity index (χ3v) is 3.39. The first-order valence-electron chi connectivity index (χ1n) is 7.35. The summed E-state index contributed by atoms with van der Waals surface area (Å²) in [5.74, 6) is 0.275. The molecule has 22 heavy (non-hydrogen) atoms. The summed E-state index contributed by atoms with van der Waals surface area (Å²) in [5.41, 5.74) is 0.171. The highest BCUT2D eigenvalue weighted by molar-refractivity contribution is 5.68. The van der Waals surface area contributed by atoms with Crippen LogP contribution in [0, 0.1) is 5.82 Å². The third kappa shape index (κ3) is 4.10. The highest BCUT2D eigenvalue weighted by Gasteiger charge is 2.29. The van der Waals surface area contributed by atoms with E-state index in [4.69, 9.17) is 9.47 Å². The molecule has 2 rings (SSSR count). The standard InChI is InChI=1S/C16H23FN2O3/c1-16(2,3)22-15(20)19-8-7-18-13(10-19)12-9-11(17)5-6-14(12)21-4/h5-6,9,13,18H,7-8,10H2,1-4H3. The molecule has 0 spiro atoms. The van der Waals surface area contributed by atoms with E-state index in [-0.39, 0.29) is 18.0 Å². The average molecular weight is 310 g/mol. The number of carbonyl (C=O) groups excluding carboxylic acids is 1. The zero-order valence-electron chi connectivity index (χ0n) is 13.5. The molecule has 0 bridgehead atoms. The zero-order valence-corrected chi connectivity index (χ0v) is 13.5. The summed E-state index contributed by atoms with van der Waals surface area (Å²) in [6.07, 6.45) is -0.352. The van der Waals surface area contributed by atoms with Gasteiger partial charge in [0.15, 0.2) is 0 Å². The Morgan fingerprint density at radius 1 is 1.41 bits per heavy atom. The molecular formula is C16H23FN2O3. The van der Waals surface area contributed by atoms with Crippen molar-refractivity contribution in [1.29, 1.82) is 0 Å². The molecular weight excluding hydrogens is 287 g/mol. The number of nitrogens with zero attached hydrogens (tertiary/aromatic N) is 1. The van der Waals surface area contributed by atoms with Gasteiger partial charge in [-0.2, -0.15) is 0 Å². The summed E-state index contributed by atoms with van der Waals surface area (Å²) in [6, 6.07) is 4.21. The van der Waals surface area contributed by atoms with Crippen LogP contribution in [0.4, 0.5) is 9.18 Å². The number of amides is 1. The number of hydrogen-bond donors (Lipinski definition) is 1. The molecule has 0 aliphatic carbocycles. The predicted octanol–water partition coefficient (Wildman–Crippen LogP) is 2.72. The highest BCUT2D eigenvalue weighted by Crippen LogP contribution is 2.28. The van der Waals surface area contributed by atoms with E-state index in [0.29, 0.717) is 30.9 Å². The van der Waals surface area contributed by atoms with Crippen LogP contribution in [0.2, 0.25) is 0 Å².